The van der Waals surface area contributed by atoms with Crippen molar-refractivity contribution in [1.82, 2.24) is 14.5 Å². The highest BCUT2D eigenvalue weighted by atomic mass is 35.5. The average molecular weight is 602 g/mol. The fraction of sp³-hybridized carbons (Fsp3) is 0.333. The van der Waals surface area contributed by atoms with E-state index < -0.39 is 24.5 Å². The zero-order valence-corrected chi connectivity index (χ0v) is 23.3. The molecule has 0 unspecified atom stereocenters. The van der Waals surface area contributed by atoms with Gasteiger partial charge in [-0.1, -0.05) is 29.8 Å². The third kappa shape index (κ3) is 5.46. The van der Waals surface area contributed by atoms with Gasteiger partial charge in [0, 0.05) is 23.2 Å². The molecule has 0 bridgehead atoms. The van der Waals surface area contributed by atoms with Crippen molar-refractivity contribution < 1.29 is 37.3 Å². The van der Waals surface area contributed by atoms with E-state index in [1.165, 1.54) is 12.1 Å². The number of aromatic carboxylic acids is 1. The van der Waals surface area contributed by atoms with Crippen LogP contribution < -0.4 is 14.2 Å². The molecule has 6 rings (SSSR count). The highest BCUT2D eigenvalue weighted by Gasteiger charge is 2.31. The van der Waals surface area contributed by atoms with Gasteiger partial charge in [0.1, 0.15) is 23.8 Å². The molecule has 0 aliphatic carbocycles. The lowest BCUT2D eigenvalue weighted by atomic mass is 9.88. The molecular formula is C30H27ClF3N3O5. The number of fused-ring (bicyclic) bond motifs is 2. The number of ether oxygens (including phenoxy) is 3. The SMILES string of the molecule is Cn1c(CN2CCC(c3cccc4c3O[C@@H](c3ccc(Cl)cc3F)CO4)CC2)nc2c(OC(F)F)cc(C(=O)O)cc21. The van der Waals surface area contributed by atoms with Crippen LogP contribution in [0, 0.1) is 5.82 Å². The third-order valence-corrected chi connectivity index (χ3v) is 8.10. The highest BCUT2D eigenvalue weighted by Crippen LogP contribution is 2.45. The number of piperidine rings is 1. The molecule has 2 aliphatic rings. The van der Waals surface area contributed by atoms with Gasteiger partial charge in [0.05, 0.1) is 17.6 Å². The number of carboxylic acids is 1. The zero-order valence-electron chi connectivity index (χ0n) is 22.5. The molecule has 8 nitrogen and oxygen atoms in total. The first kappa shape index (κ1) is 28.2. The first-order chi connectivity index (χ1) is 20.2. The maximum atomic E-state index is 14.6. The number of alkyl halides is 2. The van der Waals surface area contributed by atoms with Crippen LogP contribution in [0.1, 0.15) is 52.2 Å². The first-order valence-corrected chi connectivity index (χ1v) is 13.8. The van der Waals surface area contributed by atoms with E-state index in [0.717, 1.165) is 37.6 Å². The highest BCUT2D eigenvalue weighted by molar-refractivity contribution is 6.30. The molecule has 3 heterocycles. The molecule has 1 aromatic heterocycles. The Morgan fingerprint density at radius 3 is 2.67 bits per heavy atom. The van der Waals surface area contributed by atoms with Crippen molar-refractivity contribution in [3.8, 4) is 17.2 Å². The Bertz CT molecular complexity index is 1660. The Morgan fingerprint density at radius 1 is 1.17 bits per heavy atom. The van der Waals surface area contributed by atoms with Crippen molar-refractivity contribution >= 4 is 28.6 Å². The minimum Gasteiger partial charge on any atom is -0.485 e. The Labute approximate surface area is 244 Å². The van der Waals surface area contributed by atoms with Crippen LogP contribution in [0.25, 0.3) is 11.0 Å². The zero-order chi connectivity index (χ0) is 29.5. The van der Waals surface area contributed by atoms with Crippen LogP contribution >= 0.6 is 11.6 Å². The lowest BCUT2D eigenvalue weighted by molar-refractivity contribution is -0.0489. The number of aryl methyl sites for hydroxylation is 1. The Balaban J connectivity index is 1.18. The van der Waals surface area contributed by atoms with Crippen LogP contribution in [0.2, 0.25) is 5.02 Å². The number of carbonyl (C=O) groups is 1. The van der Waals surface area contributed by atoms with E-state index in [9.17, 15) is 23.1 Å². The summed E-state index contributed by atoms with van der Waals surface area (Å²) in [7, 11) is 1.72. The monoisotopic (exact) mass is 601 g/mol. The second kappa shape index (κ2) is 11.4. The van der Waals surface area contributed by atoms with Crippen molar-refractivity contribution in [2.45, 2.75) is 38.0 Å². The fourth-order valence-electron chi connectivity index (χ4n) is 5.71. The summed E-state index contributed by atoms with van der Waals surface area (Å²) in [5.74, 6) is 0.0705. The van der Waals surface area contributed by atoms with Crippen molar-refractivity contribution in [3.63, 3.8) is 0 Å². The lowest BCUT2D eigenvalue weighted by Gasteiger charge is -2.35. The van der Waals surface area contributed by atoms with E-state index in [1.807, 2.05) is 18.2 Å². The van der Waals surface area contributed by atoms with Crippen molar-refractivity contribution in [2.75, 3.05) is 19.7 Å². The number of aromatic nitrogens is 2. The number of likely N-dealkylation sites (tertiary alicyclic amines) is 1. The van der Waals surface area contributed by atoms with Crippen LogP contribution in [0.5, 0.6) is 17.2 Å². The van der Waals surface area contributed by atoms with Gasteiger partial charge in [0.2, 0.25) is 0 Å². The molecule has 0 saturated carbocycles. The third-order valence-electron chi connectivity index (χ3n) is 7.87. The molecule has 0 spiro atoms. The summed E-state index contributed by atoms with van der Waals surface area (Å²) < 4.78 is 59.3. The normalized spacial score (nSPS) is 17.6. The summed E-state index contributed by atoms with van der Waals surface area (Å²) in [6.45, 7) is -1.02. The second-order valence-electron chi connectivity index (χ2n) is 10.4. The molecule has 1 saturated heterocycles. The standard InChI is InChI=1S/C30H27ClF3N3O5/c1-36-22-11-17(29(38)39)12-24(42-30(33)34)27(22)35-26(36)14-37-9-7-16(8-10-37)19-3-2-4-23-28(19)41-25(15-40-23)20-6-5-18(31)13-21(20)32/h2-6,11-13,16,25,30H,7-10,14-15H2,1H3,(H,38,39)/t25-/m1/s1. The predicted molar refractivity (Wildman–Crippen MR) is 148 cm³/mol. The van der Waals surface area contributed by atoms with Gasteiger partial charge in [-0.05, 0) is 62.2 Å². The van der Waals surface area contributed by atoms with Gasteiger partial charge in [-0.25, -0.2) is 14.2 Å². The van der Waals surface area contributed by atoms with E-state index in [-0.39, 0.29) is 29.4 Å². The number of carboxylic acid groups (broad SMARTS) is 1. The summed E-state index contributed by atoms with van der Waals surface area (Å²) in [6, 6.07) is 12.8. The molecular weight excluding hydrogens is 575 g/mol. The lowest BCUT2D eigenvalue weighted by Crippen LogP contribution is -2.33. The number of hydrogen-bond acceptors (Lipinski definition) is 6. The number of para-hydroxylation sites is 1. The molecule has 0 amide bonds. The number of nitrogens with zero attached hydrogens (tertiary/aromatic N) is 3. The van der Waals surface area contributed by atoms with Crippen molar-refractivity contribution in [1.29, 1.82) is 0 Å². The number of hydrogen-bond donors (Lipinski definition) is 1. The molecule has 12 heteroatoms. The van der Waals surface area contributed by atoms with Crippen LogP contribution in [-0.2, 0) is 13.6 Å². The number of rotatable bonds is 7. The van der Waals surface area contributed by atoms with Gasteiger partial charge >= 0.3 is 12.6 Å². The predicted octanol–water partition coefficient (Wildman–Crippen LogP) is 6.56. The molecule has 2 aliphatic heterocycles. The molecule has 1 atom stereocenters. The number of benzene rings is 3. The van der Waals surface area contributed by atoms with Gasteiger partial charge in [-0.3, -0.25) is 4.90 Å². The van der Waals surface area contributed by atoms with Gasteiger partial charge < -0.3 is 23.9 Å². The van der Waals surface area contributed by atoms with E-state index in [2.05, 4.69) is 14.6 Å². The van der Waals surface area contributed by atoms with Gasteiger partial charge in [-0.2, -0.15) is 8.78 Å². The summed E-state index contributed by atoms with van der Waals surface area (Å²) in [5, 5.41) is 9.74. The molecule has 1 fully saturated rings. The molecule has 1 N–H and O–H groups in total. The Morgan fingerprint density at radius 2 is 1.95 bits per heavy atom. The van der Waals surface area contributed by atoms with E-state index >= 15 is 0 Å². The first-order valence-electron chi connectivity index (χ1n) is 13.4. The molecule has 3 aromatic carbocycles. The summed E-state index contributed by atoms with van der Waals surface area (Å²) in [4.78, 5) is 18.3. The van der Waals surface area contributed by atoms with Crippen molar-refractivity contribution in [2.24, 2.45) is 7.05 Å². The quantitative estimate of drug-likeness (QED) is 0.257. The van der Waals surface area contributed by atoms with Crippen molar-refractivity contribution in [3.05, 3.63) is 81.9 Å². The van der Waals surface area contributed by atoms with Crippen LogP contribution in [0.15, 0.2) is 48.5 Å². The van der Waals surface area contributed by atoms with Crippen LogP contribution in [-0.4, -0.2) is 51.8 Å². The van der Waals surface area contributed by atoms with Gasteiger partial charge in [0.15, 0.2) is 23.4 Å². The van der Waals surface area contributed by atoms with E-state index in [4.69, 9.17) is 21.1 Å². The van der Waals surface area contributed by atoms with E-state index in [1.54, 1.807) is 23.7 Å². The Hall–Kier alpha value is -3.96. The second-order valence-corrected chi connectivity index (χ2v) is 10.9. The molecule has 4 aromatic rings. The Kier molecular flexibility index (Phi) is 7.63. The summed E-state index contributed by atoms with van der Waals surface area (Å²) in [5.41, 5.74) is 1.81. The largest absolute Gasteiger partial charge is 0.485 e. The number of imidazole rings is 1. The smallest absolute Gasteiger partial charge is 0.387 e. The number of halogens is 4. The molecule has 0 radical (unpaired) electrons. The van der Waals surface area contributed by atoms with Crippen LogP contribution in [0.4, 0.5) is 13.2 Å². The topological polar surface area (TPSA) is 86.0 Å². The average Bonchev–Trinajstić information content (AvgIpc) is 3.27. The summed E-state index contributed by atoms with van der Waals surface area (Å²) in [6.07, 6.45) is 1.02. The molecule has 42 heavy (non-hydrogen) atoms. The van der Waals surface area contributed by atoms with Gasteiger partial charge in [-0.15, -0.1) is 0 Å². The molecule has 220 valence electrons. The minimum absolute atomic E-state index is 0.160. The maximum Gasteiger partial charge on any atom is 0.387 e. The fourth-order valence-corrected chi connectivity index (χ4v) is 5.87. The van der Waals surface area contributed by atoms with E-state index in [0.29, 0.717) is 40.0 Å². The van der Waals surface area contributed by atoms with Crippen LogP contribution in [0.3, 0.4) is 0 Å². The summed E-state index contributed by atoms with van der Waals surface area (Å²) >= 11 is 5.92. The maximum absolute atomic E-state index is 14.6. The minimum atomic E-state index is -3.11. The van der Waals surface area contributed by atoms with Gasteiger partial charge in [0.25, 0.3) is 0 Å².